The van der Waals surface area contributed by atoms with Gasteiger partial charge in [-0.1, -0.05) is 0 Å². The Morgan fingerprint density at radius 2 is 2.24 bits per heavy atom. The number of hydrogen-bond acceptors (Lipinski definition) is 3. The zero-order chi connectivity index (χ0) is 12.4. The van der Waals surface area contributed by atoms with E-state index in [1.54, 1.807) is 0 Å². The van der Waals surface area contributed by atoms with E-state index >= 15 is 0 Å². The van der Waals surface area contributed by atoms with E-state index in [4.69, 9.17) is 5.73 Å². The largest absolute Gasteiger partial charge is 0.370 e. The molecule has 0 saturated carbocycles. The zero-order valence-corrected chi connectivity index (χ0v) is 8.89. The lowest BCUT2D eigenvalue weighted by molar-refractivity contribution is -0.118. The van der Waals surface area contributed by atoms with Gasteiger partial charge in [0.05, 0.1) is 17.2 Å². The predicted molar refractivity (Wildman–Crippen MR) is 59.8 cm³/mol. The number of carbonyl (C=O) groups excluding carboxylic acids is 1. The Bertz CT molecular complexity index is 636. The van der Waals surface area contributed by atoms with E-state index in [1.165, 1.54) is 29.1 Å². The molecule has 2 aromatic rings. The lowest BCUT2D eigenvalue weighted by Crippen LogP contribution is -2.23. The number of benzene rings is 1. The first-order valence-corrected chi connectivity index (χ1v) is 5.01. The van der Waals surface area contributed by atoms with E-state index in [2.05, 4.69) is 4.98 Å². The first-order chi connectivity index (χ1) is 8.08. The molecular weight excluding hydrogens is 225 g/mol. The molecule has 2 rings (SSSR count). The fourth-order valence-electron chi connectivity index (χ4n) is 1.52. The van der Waals surface area contributed by atoms with Crippen molar-refractivity contribution in [3.63, 3.8) is 0 Å². The molecule has 0 aliphatic heterocycles. The molecule has 0 bridgehead atoms. The van der Waals surface area contributed by atoms with Crippen LogP contribution in [-0.2, 0) is 11.3 Å². The summed E-state index contributed by atoms with van der Waals surface area (Å²) in [5.41, 5.74) is 4.99. The molecule has 0 aliphatic rings. The van der Waals surface area contributed by atoms with Gasteiger partial charge in [0, 0.05) is 19.0 Å². The van der Waals surface area contributed by atoms with Crippen LogP contribution >= 0.6 is 0 Å². The number of hydrogen-bond donors (Lipinski definition) is 1. The standard InChI is InChI=1S/C11H10FN3O2/c12-7-1-2-8-9(5-7)14-6-15(11(8)17)4-3-10(13)16/h1-2,5-6H,3-4H2,(H2,13,16). The van der Waals surface area contributed by atoms with Crippen LogP contribution in [0.25, 0.3) is 10.9 Å². The number of nitrogens with zero attached hydrogens (tertiary/aromatic N) is 2. The first-order valence-electron chi connectivity index (χ1n) is 5.01. The van der Waals surface area contributed by atoms with Gasteiger partial charge in [0.25, 0.3) is 5.56 Å². The minimum absolute atomic E-state index is 0.0638. The second-order valence-corrected chi connectivity index (χ2v) is 3.62. The van der Waals surface area contributed by atoms with Crippen LogP contribution in [-0.4, -0.2) is 15.5 Å². The van der Waals surface area contributed by atoms with Gasteiger partial charge in [0.15, 0.2) is 0 Å². The second kappa shape index (κ2) is 4.32. The predicted octanol–water partition coefficient (Wildman–Crippen LogP) is 0.411. The number of carbonyl (C=O) groups is 1. The lowest BCUT2D eigenvalue weighted by atomic mass is 10.2. The van der Waals surface area contributed by atoms with Crippen LogP contribution in [0.5, 0.6) is 0 Å². The van der Waals surface area contributed by atoms with Crippen molar-refractivity contribution in [2.45, 2.75) is 13.0 Å². The van der Waals surface area contributed by atoms with Crippen molar-refractivity contribution in [3.8, 4) is 0 Å². The number of nitrogens with two attached hydrogens (primary N) is 1. The number of halogens is 1. The molecule has 1 heterocycles. The topological polar surface area (TPSA) is 78.0 Å². The van der Waals surface area contributed by atoms with Gasteiger partial charge in [-0.15, -0.1) is 0 Å². The summed E-state index contributed by atoms with van der Waals surface area (Å²) in [6, 6.07) is 3.76. The van der Waals surface area contributed by atoms with E-state index in [0.717, 1.165) is 0 Å². The number of amides is 1. The van der Waals surface area contributed by atoms with Crippen LogP contribution in [0.1, 0.15) is 6.42 Å². The van der Waals surface area contributed by atoms with E-state index < -0.39 is 11.7 Å². The molecule has 1 amide bonds. The van der Waals surface area contributed by atoms with Crippen molar-refractivity contribution in [1.29, 1.82) is 0 Å². The third-order valence-corrected chi connectivity index (χ3v) is 2.39. The van der Waals surface area contributed by atoms with E-state index in [-0.39, 0.29) is 18.5 Å². The van der Waals surface area contributed by atoms with E-state index in [1.807, 2.05) is 0 Å². The molecule has 17 heavy (non-hydrogen) atoms. The molecule has 0 aliphatic carbocycles. The third kappa shape index (κ3) is 2.30. The van der Waals surface area contributed by atoms with Crippen LogP contribution in [0, 0.1) is 5.82 Å². The van der Waals surface area contributed by atoms with Crippen LogP contribution in [0.15, 0.2) is 29.3 Å². The van der Waals surface area contributed by atoms with Crippen molar-refractivity contribution >= 4 is 16.8 Å². The molecule has 0 radical (unpaired) electrons. The molecular formula is C11H10FN3O2. The maximum Gasteiger partial charge on any atom is 0.261 e. The van der Waals surface area contributed by atoms with Gasteiger partial charge in [-0.2, -0.15) is 0 Å². The fraction of sp³-hybridized carbons (Fsp3) is 0.182. The quantitative estimate of drug-likeness (QED) is 0.836. The molecule has 88 valence electrons. The van der Waals surface area contributed by atoms with Gasteiger partial charge in [-0.3, -0.25) is 14.2 Å². The van der Waals surface area contributed by atoms with Crippen LogP contribution in [0.3, 0.4) is 0 Å². The highest BCUT2D eigenvalue weighted by atomic mass is 19.1. The molecule has 0 unspecified atom stereocenters. The van der Waals surface area contributed by atoms with Crippen molar-refractivity contribution in [2.75, 3.05) is 0 Å². The van der Waals surface area contributed by atoms with E-state index in [9.17, 15) is 14.0 Å². The Hall–Kier alpha value is -2.24. The maximum atomic E-state index is 12.9. The number of aromatic nitrogens is 2. The Kier molecular flexibility index (Phi) is 2.86. The highest BCUT2D eigenvalue weighted by molar-refractivity contribution is 5.77. The average molecular weight is 235 g/mol. The normalized spacial score (nSPS) is 10.6. The smallest absolute Gasteiger partial charge is 0.261 e. The summed E-state index contributed by atoms with van der Waals surface area (Å²) >= 11 is 0. The number of aryl methyl sites for hydroxylation is 1. The number of fused-ring (bicyclic) bond motifs is 1. The molecule has 1 aromatic carbocycles. The highest BCUT2D eigenvalue weighted by Crippen LogP contribution is 2.08. The number of rotatable bonds is 3. The summed E-state index contributed by atoms with van der Waals surface area (Å²) in [7, 11) is 0. The molecule has 0 atom stereocenters. The highest BCUT2D eigenvalue weighted by Gasteiger charge is 2.05. The van der Waals surface area contributed by atoms with Gasteiger partial charge in [-0.25, -0.2) is 9.37 Å². The Balaban J connectivity index is 2.47. The lowest BCUT2D eigenvalue weighted by Gasteiger charge is -2.04. The number of primary amides is 1. The summed E-state index contributed by atoms with van der Waals surface area (Å²) in [4.78, 5) is 26.5. The SMILES string of the molecule is NC(=O)CCn1cnc2cc(F)ccc2c1=O. The van der Waals surface area contributed by atoms with Gasteiger partial charge < -0.3 is 5.73 Å². The summed E-state index contributed by atoms with van der Waals surface area (Å²) in [6.07, 6.45) is 1.35. The average Bonchev–Trinajstić information content (AvgIpc) is 2.27. The Morgan fingerprint density at radius 3 is 2.94 bits per heavy atom. The summed E-state index contributed by atoms with van der Waals surface area (Å²) in [5.74, 6) is -0.935. The monoisotopic (exact) mass is 235 g/mol. The van der Waals surface area contributed by atoms with Crippen molar-refractivity contribution in [1.82, 2.24) is 9.55 Å². The fourth-order valence-corrected chi connectivity index (χ4v) is 1.52. The molecule has 1 aromatic heterocycles. The van der Waals surface area contributed by atoms with Gasteiger partial charge in [0.1, 0.15) is 5.82 Å². The Morgan fingerprint density at radius 1 is 1.47 bits per heavy atom. The molecule has 0 spiro atoms. The van der Waals surface area contributed by atoms with Gasteiger partial charge in [-0.05, 0) is 12.1 Å². The molecule has 5 nitrogen and oxygen atoms in total. The molecule has 2 N–H and O–H groups in total. The maximum absolute atomic E-state index is 12.9. The van der Waals surface area contributed by atoms with Crippen LogP contribution in [0.2, 0.25) is 0 Å². The molecule has 6 heteroatoms. The minimum Gasteiger partial charge on any atom is -0.370 e. The zero-order valence-electron chi connectivity index (χ0n) is 8.89. The van der Waals surface area contributed by atoms with E-state index in [0.29, 0.717) is 10.9 Å². The second-order valence-electron chi connectivity index (χ2n) is 3.62. The van der Waals surface area contributed by atoms with Gasteiger partial charge >= 0.3 is 0 Å². The third-order valence-electron chi connectivity index (χ3n) is 2.39. The van der Waals surface area contributed by atoms with Gasteiger partial charge in [0.2, 0.25) is 5.91 Å². The van der Waals surface area contributed by atoms with Crippen LogP contribution < -0.4 is 11.3 Å². The first kappa shape index (κ1) is 11.3. The van der Waals surface area contributed by atoms with Crippen LogP contribution in [0.4, 0.5) is 4.39 Å². The minimum atomic E-state index is -0.490. The van der Waals surface area contributed by atoms with Crippen molar-refractivity contribution in [2.24, 2.45) is 5.73 Å². The molecule has 0 fully saturated rings. The summed E-state index contributed by atoms with van der Waals surface area (Å²) < 4.78 is 14.2. The van der Waals surface area contributed by atoms with Crippen molar-refractivity contribution in [3.05, 3.63) is 40.7 Å². The summed E-state index contributed by atoms with van der Waals surface area (Å²) in [5, 5.41) is 0.318. The summed E-state index contributed by atoms with van der Waals surface area (Å²) in [6.45, 7) is 0.175. The van der Waals surface area contributed by atoms with Crippen molar-refractivity contribution < 1.29 is 9.18 Å². The Labute approximate surface area is 95.7 Å². The molecule has 0 saturated heterocycles.